The van der Waals surface area contributed by atoms with Gasteiger partial charge in [0.1, 0.15) is 0 Å². The Bertz CT molecular complexity index is 1380. The van der Waals surface area contributed by atoms with Crippen LogP contribution in [0.2, 0.25) is 0 Å². The lowest BCUT2D eigenvalue weighted by Crippen LogP contribution is -1.79. The van der Waals surface area contributed by atoms with Crippen molar-refractivity contribution in [2.24, 2.45) is 0 Å². The van der Waals surface area contributed by atoms with Crippen molar-refractivity contribution in [3.8, 4) is 0 Å². The van der Waals surface area contributed by atoms with Crippen LogP contribution in [-0.4, -0.2) is 19.9 Å². The van der Waals surface area contributed by atoms with Crippen LogP contribution in [-0.2, 0) is 0 Å². The molecule has 36 heavy (non-hydrogen) atoms. The summed E-state index contributed by atoms with van der Waals surface area (Å²) in [6.45, 7) is 0. The van der Waals surface area contributed by atoms with Crippen LogP contribution in [0.4, 0.5) is 5.69 Å². The SMILES string of the molecule is Nc1ccccc1.c1ccc2[nH]cnc2c1.c1ccc2cnccc2c1.c1ccc2ncccc2c1. The number of para-hydroxylation sites is 4. The third-order valence-corrected chi connectivity index (χ3v) is 5.19. The lowest BCUT2D eigenvalue weighted by atomic mass is 10.2. The highest BCUT2D eigenvalue weighted by molar-refractivity contribution is 5.81. The van der Waals surface area contributed by atoms with Crippen LogP contribution in [0.25, 0.3) is 32.7 Å². The summed E-state index contributed by atoms with van der Waals surface area (Å²) >= 11 is 0. The molecule has 3 N–H and O–H groups in total. The zero-order valence-electron chi connectivity index (χ0n) is 19.8. The van der Waals surface area contributed by atoms with Gasteiger partial charge in [0.05, 0.1) is 22.9 Å². The highest BCUT2D eigenvalue weighted by Gasteiger charge is 1.89. The van der Waals surface area contributed by atoms with E-state index in [2.05, 4.69) is 44.2 Å². The zero-order chi connectivity index (χ0) is 24.8. The minimum absolute atomic E-state index is 0.822. The quantitative estimate of drug-likeness (QED) is 0.228. The highest BCUT2D eigenvalue weighted by atomic mass is 14.9. The normalized spacial score (nSPS) is 9.78. The molecular formula is C31H27N5. The molecule has 7 rings (SSSR count). The first-order valence-corrected chi connectivity index (χ1v) is 11.6. The van der Waals surface area contributed by atoms with Gasteiger partial charge in [-0.05, 0) is 53.2 Å². The van der Waals surface area contributed by atoms with Gasteiger partial charge in [-0.3, -0.25) is 9.97 Å². The van der Waals surface area contributed by atoms with Crippen molar-refractivity contribution in [1.82, 2.24) is 19.9 Å². The molecule has 0 radical (unpaired) electrons. The summed E-state index contributed by atoms with van der Waals surface area (Å²) in [5.74, 6) is 0. The molecule has 0 spiro atoms. The van der Waals surface area contributed by atoms with Gasteiger partial charge >= 0.3 is 0 Å². The number of aromatic amines is 1. The molecule has 5 heteroatoms. The third kappa shape index (κ3) is 7.23. The van der Waals surface area contributed by atoms with Gasteiger partial charge in [0, 0.05) is 29.7 Å². The Balaban J connectivity index is 0.000000114. The minimum atomic E-state index is 0.822. The van der Waals surface area contributed by atoms with E-state index in [1.165, 1.54) is 16.2 Å². The Morgan fingerprint density at radius 1 is 0.500 bits per heavy atom. The van der Waals surface area contributed by atoms with E-state index < -0.39 is 0 Å². The number of nitrogens with zero attached hydrogens (tertiary/aromatic N) is 3. The largest absolute Gasteiger partial charge is 0.399 e. The molecule has 5 nitrogen and oxygen atoms in total. The monoisotopic (exact) mass is 469 g/mol. The topological polar surface area (TPSA) is 80.5 Å². The van der Waals surface area contributed by atoms with Gasteiger partial charge in [-0.1, -0.05) is 78.9 Å². The number of hydrogen-bond acceptors (Lipinski definition) is 4. The average molecular weight is 470 g/mol. The lowest BCUT2D eigenvalue weighted by molar-refractivity contribution is 1.34. The van der Waals surface area contributed by atoms with Crippen LogP contribution >= 0.6 is 0 Å². The van der Waals surface area contributed by atoms with E-state index in [0.717, 1.165) is 22.2 Å². The third-order valence-electron chi connectivity index (χ3n) is 5.19. The molecule has 0 bridgehead atoms. The van der Waals surface area contributed by atoms with E-state index >= 15 is 0 Å². The summed E-state index contributed by atoms with van der Waals surface area (Å²) in [4.78, 5) is 15.3. The van der Waals surface area contributed by atoms with Gasteiger partial charge in [0.2, 0.25) is 0 Å². The Kier molecular flexibility index (Phi) is 8.71. The molecule has 0 unspecified atom stereocenters. The van der Waals surface area contributed by atoms with E-state index in [1.54, 1.807) is 6.33 Å². The number of aromatic nitrogens is 4. The van der Waals surface area contributed by atoms with Gasteiger partial charge in [0.25, 0.3) is 0 Å². The first-order valence-electron chi connectivity index (χ1n) is 11.6. The van der Waals surface area contributed by atoms with Gasteiger partial charge in [-0.25, -0.2) is 4.98 Å². The van der Waals surface area contributed by atoms with E-state index in [0.29, 0.717) is 0 Å². The summed E-state index contributed by atoms with van der Waals surface area (Å²) < 4.78 is 0. The van der Waals surface area contributed by atoms with Crippen LogP contribution < -0.4 is 5.73 Å². The molecule has 0 aliphatic heterocycles. The Hall–Kier alpha value is -5.03. The van der Waals surface area contributed by atoms with Crippen molar-refractivity contribution in [1.29, 1.82) is 0 Å². The first kappa shape index (κ1) is 24.1. The molecular weight excluding hydrogens is 442 g/mol. The summed E-state index contributed by atoms with van der Waals surface area (Å²) in [5, 5.41) is 3.65. The molecule has 0 amide bonds. The number of pyridine rings is 2. The number of benzene rings is 4. The van der Waals surface area contributed by atoms with Crippen molar-refractivity contribution in [2.45, 2.75) is 0 Å². The fourth-order valence-electron chi connectivity index (χ4n) is 3.38. The van der Waals surface area contributed by atoms with Gasteiger partial charge in [-0.15, -0.1) is 0 Å². The van der Waals surface area contributed by atoms with Crippen molar-refractivity contribution < 1.29 is 0 Å². The molecule has 7 aromatic rings. The standard InChI is InChI=1S/2C9H7N.C7H6N2.C6H7N/c1-2-6-9-8(4-1)5-3-7-10-9;1-2-4-9-7-10-6-5-8(9)3-1;1-2-4-7-6(3-1)8-5-9-7;7-6-4-2-1-3-5-6/h2*1-7H;1-5H,(H,8,9);1-5H,7H2. The van der Waals surface area contributed by atoms with E-state index in [1.807, 2.05) is 116 Å². The van der Waals surface area contributed by atoms with Crippen molar-refractivity contribution in [3.05, 3.63) is 146 Å². The second-order valence-corrected chi connectivity index (χ2v) is 7.75. The van der Waals surface area contributed by atoms with Crippen LogP contribution in [0.3, 0.4) is 0 Å². The fourth-order valence-corrected chi connectivity index (χ4v) is 3.38. The molecule has 3 heterocycles. The molecule has 0 atom stereocenters. The number of fused-ring (bicyclic) bond motifs is 3. The molecule has 3 aromatic heterocycles. The molecule has 4 aromatic carbocycles. The number of imidazole rings is 1. The Labute approximate surface area is 210 Å². The van der Waals surface area contributed by atoms with Crippen LogP contribution in [0, 0.1) is 0 Å². The average Bonchev–Trinajstić information content (AvgIpc) is 3.44. The number of rotatable bonds is 0. The summed E-state index contributed by atoms with van der Waals surface area (Å²) in [7, 11) is 0. The van der Waals surface area contributed by atoms with E-state index in [9.17, 15) is 0 Å². The van der Waals surface area contributed by atoms with Crippen LogP contribution in [0.5, 0.6) is 0 Å². The molecule has 176 valence electrons. The van der Waals surface area contributed by atoms with Gasteiger partial charge < -0.3 is 10.7 Å². The maximum atomic E-state index is 5.36. The number of nitrogens with two attached hydrogens (primary N) is 1. The fraction of sp³-hybridized carbons (Fsp3) is 0. The molecule has 0 saturated carbocycles. The molecule has 0 fully saturated rings. The Morgan fingerprint density at radius 2 is 1.14 bits per heavy atom. The predicted molar refractivity (Wildman–Crippen MR) is 150 cm³/mol. The van der Waals surface area contributed by atoms with Crippen molar-refractivity contribution in [3.63, 3.8) is 0 Å². The Morgan fingerprint density at radius 3 is 1.83 bits per heavy atom. The van der Waals surface area contributed by atoms with Crippen LogP contribution in [0.15, 0.2) is 146 Å². The van der Waals surface area contributed by atoms with Crippen LogP contribution in [0.1, 0.15) is 0 Å². The summed E-state index contributed by atoms with van der Waals surface area (Å²) in [6.07, 6.45) is 7.19. The smallest absolute Gasteiger partial charge is 0.0931 e. The summed E-state index contributed by atoms with van der Waals surface area (Å²) in [6, 6.07) is 39.7. The second kappa shape index (κ2) is 13.0. The van der Waals surface area contributed by atoms with Gasteiger partial charge in [-0.2, -0.15) is 0 Å². The second-order valence-electron chi connectivity index (χ2n) is 7.75. The number of nitrogens with one attached hydrogen (secondary N) is 1. The molecule has 0 aliphatic rings. The van der Waals surface area contributed by atoms with Crippen molar-refractivity contribution >= 4 is 38.4 Å². The van der Waals surface area contributed by atoms with E-state index in [-0.39, 0.29) is 0 Å². The number of hydrogen-bond donors (Lipinski definition) is 2. The maximum Gasteiger partial charge on any atom is 0.0931 e. The number of H-pyrrole nitrogens is 1. The summed E-state index contributed by atoms with van der Waals surface area (Å²) in [5.41, 5.74) is 9.36. The zero-order valence-corrected chi connectivity index (χ0v) is 19.8. The minimum Gasteiger partial charge on any atom is -0.399 e. The molecule has 0 saturated heterocycles. The highest BCUT2D eigenvalue weighted by Crippen LogP contribution is 2.10. The predicted octanol–water partition coefficient (Wildman–Crippen LogP) is 7.30. The van der Waals surface area contributed by atoms with Crippen molar-refractivity contribution in [2.75, 3.05) is 5.73 Å². The van der Waals surface area contributed by atoms with E-state index in [4.69, 9.17) is 5.73 Å². The molecule has 0 aliphatic carbocycles. The maximum absolute atomic E-state index is 5.36. The number of anilines is 1. The number of nitrogen functional groups attached to an aromatic ring is 1. The lowest BCUT2D eigenvalue weighted by Gasteiger charge is -1.91. The van der Waals surface area contributed by atoms with Gasteiger partial charge in [0.15, 0.2) is 0 Å². The first-order chi connectivity index (χ1) is 17.8.